The van der Waals surface area contributed by atoms with Crippen molar-refractivity contribution in [1.29, 1.82) is 0 Å². The number of hydrogen-bond donors (Lipinski definition) is 2. The molecule has 0 spiro atoms. The van der Waals surface area contributed by atoms with Gasteiger partial charge in [-0.2, -0.15) is 0 Å². The van der Waals surface area contributed by atoms with Crippen LogP contribution in [-0.4, -0.2) is 45.6 Å². The zero-order valence-corrected chi connectivity index (χ0v) is 22.2. The predicted octanol–water partition coefficient (Wildman–Crippen LogP) is 4.40. The van der Waals surface area contributed by atoms with Crippen LogP contribution in [0.2, 0.25) is 0 Å². The van der Waals surface area contributed by atoms with Crippen molar-refractivity contribution in [3.63, 3.8) is 0 Å². The molecule has 6 nitrogen and oxygen atoms in total. The van der Waals surface area contributed by atoms with Gasteiger partial charge in [0.2, 0.25) is 0 Å². The van der Waals surface area contributed by atoms with Crippen molar-refractivity contribution < 1.29 is 29.3 Å². The molecular formula is C30H40O6. The Morgan fingerprint density at radius 2 is 1.78 bits per heavy atom. The van der Waals surface area contributed by atoms with Gasteiger partial charge in [0.1, 0.15) is 11.7 Å². The summed E-state index contributed by atoms with van der Waals surface area (Å²) in [7, 11) is 0. The van der Waals surface area contributed by atoms with Crippen molar-refractivity contribution in [1.82, 2.24) is 0 Å². The van der Waals surface area contributed by atoms with E-state index in [0.717, 1.165) is 49.7 Å². The maximum Gasteiger partial charge on any atom is 0.338 e. The zero-order valence-electron chi connectivity index (χ0n) is 22.2. The first-order chi connectivity index (χ1) is 16.8. The Balaban J connectivity index is 1.37. The van der Waals surface area contributed by atoms with Gasteiger partial charge in [0, 0.05) is 17.9 Å². The largest absolute Gasteiger partial charge is 0.460 e. The van der Waals surface area contributed by atoms with Crippen LogP contribution >= 0.6 is 0 Å². The first-order valence-corrected chi connectivity index (χ1v) is 13.8. The summed E-state index contributed by atoms with van der Waals surface area (Å²) >= 11 is 0. The van der Waals surface area contributed by atoms with Crippen LogP contribution < -0.4 is 0 Å². The number of cyclic esters (lactones) is 1. The third kappa shape index (κ3) is 3.16. The Morgan fingerprint density at radius 1 is 1.03 bits per heavy atom. The summed E-state index contributed by atoms with van der Waals surface area (Å²) in [6, 6.07) is 0. The van der Waals surface area contributed by atoms with Gasteiger partial charge in [-0.05, 0) is 99.5 Å². The molecule has 0 aromatic rings. The SMILES string of the molecule is CC1(C)OC(=O)C=CC2=CC3=C(CC[C@H]21)[C@]1(C)CCC([C@@H]2C[C@@H]4C[C@H]2OC(=O)[C@]4(C)O)[C@@]1(C)C[C@H]3O. The Hall–Kier alpha value is -1.92. The predicted molar refractivity (Wildman–Crippen MR) is 133 cm³/mol. The van der Waals surface area contributed by atoms with E-state index >= 15 is 0 Å². The lowest BCUT2D eigenvalue weighted by atomic mass is 9.52. The summed E-state index contributed by atoms with van der Waals surface area (Å²) in [5, 5.41) is 22.4. The number of ether oxygens (including phenoxy) is 2. The molecule has 9 atom stereocenters. The van der Waals surface area contributed by atoms with Crippen molar-refractivity contribution in [3.05, 3.63) is 34.9 Å². The maximum absolute atomic E-state index is 12.5. The number of carbonyl (C=O) groups excluding carboxylic acids is 2. The molecule has 1 unspecified atom stereocenters. The van der Waals surface area contributed by atoms with E-state index in [1.807, 2.05) is 19.9 Å². The summed E-state index contributed by atoms with van der Waals surface area (Å²) in [4.78, 5) is 24.7. The van der Waals surface area contributed by atoms with Crippen molar-refractivity contribution in [2.75, 3.05) is 0 Å². The third-order valence-electron chi connectivity index (χ3n) is 11.6. The Kier molecular flexibility index (Phi) is 5.13. The van der Waals surface area contributed by atoms with Crippen LogP contribution in [0.4, 0.5) is 0 Å². The summed E-state index contributed by atoms with van der Waals surface area (Å²) in [6.45, 7) is 10.3. The number of rotatable bonds is 1. The van der Waals surface area contributed by atoms with Crippen LogP contribution in [0.5, 0.6) is 0 Å². The van der Waals surface area contributed by atoms with Crippen LogP contribution in [0.1, 0.15) is 79.6 Å². The molecule has 0 aromatic heterocycles. The lowest BCUT2D eigenvalue weighted by molar-refractivity contribution is -0.184. The molecule has 0 radical (unpaired) electrons. The van der Waals surface area contributed by atoms with E-state index in [2.05, 4.69) is 19.9 Å². The average molecular weight is 497 g/mol. The second-order valence-corrected chi connectivity index (χ2v) is 13.6. The molecule has 196 valence electrons. The van der Waals surface area contributed by atoms with Crippen LogP contribution in [-0.2, 0) is 19.1 Å². The Labute approximate surface area is 213 Å². The van der Waals surface area contributed by atoms with Gasteiger partial charge in [-0.25, -0.2) is 9.59 Å². The lowest BCUT2D eigenvalue weighted by Gasteiger charge is -2.53. The van der Waals surface area contributed by atoms with E-state index in [0.29, 0.717) is 12.3 Å². The van der Waals surface area contributed by atoms with Gasteiger partial charge in [0.15, 0.2) is 5.60 Å². The molecule has 36 heavy (non-hydrogen) atoms. The standard InChI is InChI=1S/C30H40O6/c1-27(2)20-7-8-21-18(12-16(20)6-9-25(32)36-27)23(31)15-29(4)22(10-11-28(21,29)3)19-13-17-14-24(19)35-26(33)30(17,5)34/h6,9,12,17,19-20,22-24,31,34H,7-8,10-11,13-15H2,1-5H3/t17-,19+,20-,22?,23-,24-,28+,29-,30-/m1/s1. The molecule has 2 aliphatic heterocycles. The van der Waals surface area contributed by atoms with Crippen LogP contribution in [0.3, 0.4) is 0 Å². The van der Waals surface area contributed by atoms with Crippen molar-refractivity contribution in [3.8, 4) is 0 Å². The highest BCUT2D eigenvalue weighted by Gasteiger charge is 2.65. The fraction of sp³-hybridized carbons (Fsp3) is 0.733. The second kappa shape index (κ2) is 7.57. The molecule has 2 heterocycles. The van der Waals surface area contributed by atoms with Gasteiger partial charge in [0.25, 0.3) is 0 Å². The van der Waals surface area contributed by atoms with Gasteiger partial charge >= 0.3 is 11.9 Å². The summed E-state index contributed by atoms with van der Waals surface area (Å²) in [5.41, 5.74) is 1.23. The highest BCUT2D eigenvalue weighted by molar-refractivity contribution is 5.83. The van der Waals surface area contributed by atoms with E-state index in [1.165, 1.54) is 11.6 Å². The van der Waals surface area contributed by atoms with Gasteiger partial charge in [0.05, 0.1) is 6.10 Å². The minimum Gasteiger partial charge on any atom is -0.460 e. The van der Waals surface area contributed by atoms with E-state index in [4.69, 9.17) is 9.47 Å². The Morgan fingerprint density at radius 3 is 2.53 bits per heavy atom. The molecule has 4 aliphatic carbocycles. The zero-order chi connectivity index (χ0) is 25.8. The number of carbonyl (C=O) groups is 2. The second-order valence-electron chi connectivity index (χ2n) is 13.6. The van der Waals surface area contributed by atoms with Crippen molar-refractivity contribution in [2.24, 2.45) is 34.5 Å². The van der Waals surface area contributed by atoms with E-state index in [9.17, 15) is 19.8 Å². The van der Waals surface area contributed by atoms with E-state index < -0.39 is 23.3 Å². The first-order valence-electron chi connectivity index (χ1n) is 13.8. The first kappa shape index (κ1) is 24.4. The highest BCUT2D eigenvalue weighted by Crippen LogP contribution is 2.70. The number of aliphatic hydroxyl groups excluding tert-OH is 1. The molecule has 6 rings (SSSR count). The molecular weight excluding hydrogens is 456 g/mol. The van der Waals surface area contributed by atoms with Crippen LogP contribution in [0.25, 0.3) is 0 Å². The molecule has 2 saturated carbocycles. The summed E-state index contributed by atoms with van der Waals surface area (Å²) in [5.74, 6) is -0.241. The number of esters is 2. The van der Waals surface area contributed by atoms with E-state index in [-0.39, 0.29) is 40.7 Å². The number of allylic oxidation sites excluding steroid dienone is 2. The number of aliphatic hydroxyl groups is 2. The van der Waals surface area contributed by atoms with Crippen LogP contribution in [0.15, 0.2) is 34.9 Å². The maximum atomic E-state index is 12.5. The minimum atomic E-state index is -1.40. The average Bonchev–Trinajstić information content (AvgIpc) is 3.14. The Bertz CT molecular complexity index is 1110. The summed E-state index contributed by atoms with van der Waals surface area (Å²) < 4.78 is 11.6. The molecule has 3 fully saturated rings. The fourth-order valence-corrected chi connectivity index (χ4v) is 9.30. The van der Waals surface area contributed by atoms with Gasteiger partial charge in [-0.3, -0.25) is 0 Å². The third-order valence-corrected chi connectivity index (χ3v) is 11.6. The smallest absolute Gasteiger partial charge is 0.338 e. The molecule has 2 bridgehead atoms. The number of hydrogen-bond acceptors (Lipinski definition) is 6. The molecule has 1 saturated heterocycles. The molecule has 0 amide bonds. The summed E-state index contributed by atoms with van der Waals surface area (Å²) in [6.07, 6.45) is 10.9. The van der Waals surface area contributed by atoms with Crippen molar-refractivity contribution in [2.45, 2.75) is 103 Å². The quantitative estimate of drug-likeness (QED) is 0.523. The monoisotopic (exact) mass is 496 g/mol. The molecule has 2 N–H and O–H groups in total. The van der Waals surface area contributed by atoms with Crippen LogP contribution in [0, 0.1) is 34.5 Å². The van der Waals surface area contributed by atoms with Gasteiger partial charge < -0.3 is 19.7 Å². The van der Waals surface area contributed by atoms with Gasteiger partial charge in [-0.15, -0.1) is 0 Å². The molecule has 0 aromatic carbocycles. The van der Waals surface area contributed by atoms with Gasteiger partial charge in [-0.1, -0.05) is 31.6 Å². The fourth-order valence-electron chi connectivity index (χ4n) is 9.30. The molecule has 6 aliphatic rings. The lowest BCUT2D eigenvalue weighted by Crippen LogP contribution is -2.49. The minimum absolute atomic E-state index is 0.0566. The topological polar surface area (TPSA) is 93.1 Å². The highest BCUT2D eigenvalue weighted by atomic mass is 16.6. The number of fused-ring (bicyclic) bond motifs is 5. The van der Waals surface area contributed by atoms with Crippen molar-refractivity contribution >= 4 is 11.9 Å². The normalized spacial score (nSPS) is 49.2. The molecule has 6 heteroatoms. The van der Waals surface area contributed by atoms with E-state index in [1.54, 1.807) is 6.92 Å².